The van der Waals surface area contributed by atoms with Gasteiger partial charge in [0.05, 0.1) is 17.3 Å². The Balaban J connectivity index is 2.24. The molecular formula is C19H18N4O3. The molecule has 0 aromatic heterocycles. The Morgan fingerprint density at radius 1 is 1.15 bits per heavy atom. The number of nitrogens with zero attached hydrogens (tertiary/aromatic N) is 1. The van der Waals surface area contributed by atoms with Gasteiger partial charge in [0.2, 0.25) is 11.5 Å². The zero-order valence-electron chi connectivity index (χ0n) is 14.2. The van der Waals surface area contributed by atoms with Crippen molar-refractivity contribution in [3.05, 3.63) is 64.7 Å². The molecule has 0 saturated carbocycles. The molecule has 1 heterocycles. The van der Waals surface area contributed by atoms with Gasteiger partial charge < -0.3 is 16.2 Å². The number of carbonyl (C=O) groups excluding carboxylic acids is 2. The summed E-state index contributed by atoms with van der Waals surface area (Å²) in [6, 6.07) is 13.7. The molecule has 0 radical (unpaired) electrons. The van der Waals surface area contributed by atoms with Crippen molar-refractivity contribution in [2.75, 3.05) is 0 Å². The van der Waals surface area contributed by atoms with Gasteiger partial charge in [0, 0.05) is 5.22 Å². The third-order valence-corrected chi connectivity index (χ3v) is 4.37. The summed E-state index contributed by atoms with van der Waals surface area (Å²) < 4.78 is 6.03. The van der Waals surface area contributed by atoms with E-state index in [9.17, 15) is 9.59 Å². The number of primary amides is 1. The highest BCUT2D eigenvalue weighted by atomic mass is 16.5. The Kier molecular flexibility index (Phi) is 4.29. The van der Waals surface area contributed by atoms with E-state index in [1.54, 1.807) is 49.4 Å². The minimum absolute atomic E-state index is 0.212. The zero-order chi connectivity index (χ0) is 18.9. The Hall–Kier alpha value is -3.48. The first-order valence-corrected chi connectivity index (χ1v) is 7.95. The number of nitrogens with two attached hydrogens (primary N) is 2. The number of rotatable bonds is 5. The van der Waals surface area contributed by atoms with Crippen LogP contribution in [-0.4, -0.2) is 23.3 Å². The third-order valence-electron chi connectivity index (χ3n) is 4.37. The van der Waals surface area contributed by atoms with Gasteiger partial charge in [-0.3, -0.25) is 15.0 Å². The van der Waals surface area contributed by atoms with E-state index < -0.39 is 17.4 Å². The van der Waals surface area contributed by atoms with Crippen LogP contribution in [0.5, 0.6) is 5.75 Å². The molecule has 1 atom stereocenters. The number of para-hydroxylation sites is 2. The minimum Gasteiger partial charge on any atom is -0.472 e. The highest BCUT2D eigenvalue weighted by Crippen LogP contribution is 2.32. The van der Waals surface area contributed by atoms with Crippen LogP contribution in [0.15, 0.2) is 53.5 Å². The molecule has 1 aliphatic rings. The topological polar surface area (TPSA) is 132 Å². The van der Waals surface area contributed by atoms with Crippen LogP contribution in [-0.2, 0) is 9.59 Å². The normalized spacial score (nSPS) is 18.7. The van der Waals surface area contributed by atoms with E-state index >= 15 is 0 Å². The second-order valence-corrected chi connectivity index (χ2v) is 6.04. The summed E-state index contributed by atoms with van der Waals surface area (Å²) in [6.07, 6.45) is -0.373. The Labute approximate surface area is 149 Å². The molecule has 0 bridgehead atoms. The van der Waals surface area contributed by atoms with Crippen molar-refractivity contribution in [1.82, 2.24) is 0 Å². The number of hydrogen-bond acceptors (Lipinski definition) is 4. The van der Waals surface area contributed by atoms with E-state index in [0.29, 0.717) is 21.7 Å². The molecule has 0 aliphatic carbocycles. The molecule has 0 spiro atoms. The second kappa shape index (κ2) is 6.44. The largest absolute Gasteiger partial charge is 0.472 e. The molecule has 7 heteroatoms. The maximum atomic E-state index is 12.9. The highest BCUT2D eigenvalue weighted by molar-refractivity contribution is 6.02. The van der Waals surface area contributed by atoms with Crippen molar-refractivity contribution in [3.63, 3.8) is 0 Å². The highest BCUT2D eigenvalue weighted by Gasteiger charge is 2.46. The molecule has 0 fully saturated rings. The predicted octanol–water partition coefficient (Wildman–Crippen LogP) is -0.00573. The fourth-order valence-electron chi connectivity index (χ4n) is 3.04. The van der Waals surface area contributed by atoms with Crippen LogP contribution >= 0.6 is 0 Å². The van der Waals surface area contributed by atoms with E-state index in [0.717, 1.165) is 0 Å². The van der Waals surface area contributed by atoms with Crippen molar-refractivity contribution in [1.29, 1.82) is 5.41 Å². The number of hydrogen-bond donors (Lipinski definition) is 3. The van der Waals surface area contributed by atoms with Crippen LogP contribution in [0.3, 0.4) is 0 Å². The van der Waals surface area contributed by atoms with Crippen LogP contribution < -0.4 is 26.8 Å². The summed E-state index contributed by atoms with van der Waals surface area (Å²) in [5, 5.41) is 8.92. The van der Waals surface area contributed by atoms with Gasteiger partial charge in [-0.05, 0) is 30.7 Å². The summed E-state index contributed by atoms with van der Waals surface area (Å²) >= 11 is 0. The molecule has 2 aromatic carbocycles. The van der Waals surface area contributed by atoms with E-state index in [-0.39, 0.29) is 18.0 Å². The number of nitrogens with one attached hydrogen (secondary N) is 1. The van der Waals surface area contributed by atoms with Gasteiger partial charge in [-0.1, -0.05) is 30.3 Å². The Morgan fingerprint density at radius 3 is 2.50 bits per heavy atom. The number of fused-ring (bicyclic) bond motifs is 1. The number of benzene rings is 2. The van der Waals surface area contributed by atoms with Crippen LogP contribution in [0.2, 0.25) is 0 Å². The predicted molar refractivity (Wildman–Crippen MR) is 95.9 cm³/mol. The quantitative estimate of drug-likeness (QED) is 0.517. The van der Waals surface area contributed by atoms with Crippen molar-refractivity contribution in [3.8, 4) is 5.75 Å². The molecule has 26 heavy (non-hydrogen) atoms. The van der Waals surface area contributed by atoms with Gasteiger partial charge in [0.25, 0.3) is 5.91 Å². The van der Waals surface area contributed by atoms with Crippen molar-refractivity contribution in [2.45, 2.75) is 18.9 Å². The molecule has 1 aliphatic heterocycles. The third kappa shape index (κ3) is 2.83. The van der Waals surface area contributed by atoms with Crippen LogP contribution in [0.1, 0.15) is 18.9 Å². The lowest BCUT2D eigenvalue weighted by Crippen LogP contribution is -2.54. The van der Waals surface area contributed by atoms with E-state index in [1.165, 1.54) is 0 Å². The van der Waals surface area contributed by atoms with E-state index in [2.05, 4.69) is 4.99 Å². The van der Waals surface area contributed by atoms with Crippen molar-refractivity contribution < 1.29 is 14.3 Å². The number of ether oxygens (including phenoxy) is 1. The average Bonchev–Trinajstić information content (AvgIpc) is 2.59. The van der Waals surface area contributed by atoms with Crippen LogP contribution in [0.4, 0.5) is 0 Å². The van der Waals surface area contributed by atoms with Gasteiger partial charge in [0.15, 0.2) is 0 Å². The SMILES string of the molecule is CC1=c2ccccc2=NC(=O)C1(CC(N)=O)Oc1ccccc1C(=N)N. The molecule has 5 N–H and O–H groups in total. The Morgan fingerprint density at radius 2 is 1.81 bits per heavy atom. The van der Waals surface area contributed by atoms with Crippen molar-refractivity contribution in [2.24, 2.45) is 16.5 Å². The maximum Gasteiger partial charge on any atom is 0.295 e. The molecule has 132 valence electrons. The molecule has 0 saturated heterocycles. The number of amides is 2. The number of amidine groups is 1. The second-order valence-electron chi connectivity index (χ2n) is 6.04. The molecule has 1 unspecified atom stereocenters. The maximum absolute atomic E-state index is 12.9. The average molecular weight is 350 g/mol. The van der Waals surface area contributed by atoms with Crippen LogP contribution in [0, 0.1) is 5.41 Å². The molecular weight excluding hydrogens is 332 g/mol. The summed E-state index contributed by atoms with van der Waals surface area (Å²) in [7, 11) is 0. The van der Waals surface area contributed by atoms with E-state index in [1.807, 2.05) is 6.07 Å². The summed E-state index contributed by atoms with van der Waals surface area (Å²) in [6.45, 7) is 1.71. The summed E-state index contributed by atoms with van der Waals surface area (Å²) in [4.78, 5) is 28.8. The number of carbonyl (C=O) groups is 2. The smallest absolute Gasteiger partial charge is 0.295 e. The van der Waals surface area contributed by atoms with Crippen molar-refractivity contribution >= 4 is 23.2 Å². The Bertz CT molecular complexity index is 1040. The van der Waals surface area contributed by atoms with Gasteiger partial charge in [-0.25, -0.2) is 4.99 Å². The minimum atomic E-state index is -1.67. The van der Waals surface area contributed by atoms with Gasteiger partial charge in [-0.2, -0.15) is 0 Å². The van der Waals surface area contributed by atoms with Gasteiger partial charge in [0.1, 0.15) is 11.6 Å². The first-order valence-electron chi connectivity index (χ1n) is 7.95. The lowest BCUT2D eigenvalue weighted by molar-refractivity contribution is -0.134. The molecule has 7 nitrogen and oxygen atoms in total. The molecule has 2 aromatic rings. The lowest BCUT2D eigenvalue weighted by Gasteiger charge is -2.33. The first kappa shape index (κ1) is 17.3. The van der Waals surface area contributed by atoms with Gasteiger partial charge >= 0.3 is 0 Å². The monoisotopic (exact) mass is 350 g/mol. The standard InChI is InChI=1S/C19H18N4O3/c1-11-12-6-2-4-8-14(12)23-18(25)19(11,10-16(20)24)26-15-9-5-3-7-13(15)17(21)22/h2-9H,10H2,1H3,(H2,20,24)(H3,21,22). The van der Waals surface area contributed by atoms with Gasteiger partial charge in [-0.15, -0.1) is 0 Å². The lowest BCUT2D eigenvalue weighted by atomic mass is 9.86. The van der Waals surface area contributed by atoms with Crippen LogP contribution in [0.25, 0.3) is 5.57 Å². The number of nitrogen functional groups attached to an aromatic ring is 1. The first-order chi connectivity index (χ1) is 12.3. The fraction of sp³-hybridized carbons (Fsp3) is 0.158. The zero-order valence-corrected chi connectivity index (χ0v) is 14.2. The van der Waals surface area contributed by atoms with E-state index in [4.69, 9.17) is 21.6 Å². The molecule has 3 rings (SSSR count). The fourth-order valence-corrected chi connectivity index (χ4v) is 3.04. The molecule has 2 amide bonds. The summed E-state index contributed by atoms with van der Waals surface area (Å²) in [5.74, 6) is -1.32. The summed E-state index contributed by atoms with van der Waals surface area (Å²) in [5.41, 5.74) is 10.2.